The van der Waals surface area contributed by atoms with Crippen molar-refractivity contribution in [2.45, 2.75) is 44.8 Å². The Labute approximate surface area is 162 Å². The van der Waals surface area contributed by atoms with Gasteiger partial charge in [-0.05, 0) is 5.92 Å². The molecule has 8 N–H and O–H groups in total. The van der Waals surface area contributed by atoms with Gasteiger partial charge in [-0.15, -0.1) is 0 Å². The van der Waals surface area contributed by atoms with Crippen LogP contribution in [0.5, 0.6) is 0 Å². The van der Waals surface area contributed by atoms with Gasteiger partial charge < -0.3 is 32.5 Å². The Kier molecular flexibility index (Phi) is 11.1. The van der Waals surface area contributed by atoms with Gasteiger partial charge in [-0.3, -0.25) is 19.2 Å². The summed E-state index contributed by atoms with van der Waals surface area (Å²) in [6.07, 6.45) is 0.0326. The van der Waals surface area contributed by atoms with Gasteiger partial charge >= 0.3 is 5.97 Å². The Hall–Kier alpha value is -2.34. The fraction of sp³-hybridized carbons (Fsp3) is 0.667. The second-order valence-electron chi connectivity index (χ2n) is 6.01. The molecule has 0 radical (unpaired) electrons. The summed E-state index contributed by atoms with van der Waals surface area (Å²) < 4.78 is 0. The molecule has 0 heterocycles. The summed E-state index contributed by atoms with van der Waals surface area (Å²) in [6.45, 7) is 2.91. The van der Waals surface area contributed by atoms with Crippen molar-refractivity contribution in [1.29, 1.82) is 0 Å². The predicted molar refractivity (Wildman–Crippen MR) is 99.6 cm³/mol. The molecule has 0 aliphatic carbocycles. The van der Waals surface area contributed by atoms with E-state index in [1.807, 2.05) is 0 Å². The number of rotatable bonds is 12. The number of carboxylic acids is 1. The summed E-state index contributed by atoms with van der Waals surface area (Å²) in [6, 6.07) is -3.42. The van der Waals surface area contributed by atoms with Crippen molar-refractivity contribution in [3.05, 3.63) is 0 Å². The third-order valence-electron chi connectivity index (χ3n) is 3.79. The lowest BCUT2D eigenvalue weighted by Crippen LogP contribution is -2.55. The average Bonchev–Trinajstić information content (AvgIpc) is 2.61. The Balaban J connectivity index is 4.83. The first-order valence-electron chi connectivity index (χ1n) is 8.28. The molecule has 0 saturated carbocycles. The number of amides is 4. The Morgan fingerprint density at radius 2 is 1.70 bits per heavy atom. The van der Waals surface area contributed by atoms with Gasteiger partial charge in [-0.1, -0.05) is 20.3 Å². The molecule has 27 heavy (non-hydrogen) atoms. The molecular formula is C15H27N5O6S. The molecular weight excluding hydrogens is 378 g/mol. The molecule has 0 aromatic carbocycles. The third-order valence-corrected chi connectivity index (χ3v) is 4.18. The van der Waals surface area contributed by atoms with Crippen LogP contribution in [0, 0.1) is 5.92 Å². The fourth-order valence-electron chi connectivity index (χ4n) is 1.97. The number of primary amides is 1. The second-order valence-corrected chi connectivity index (χ2v) is 6.37. The zero-order valence-corrected chi connectivity index (χ0v) is 16.1. The van der Waals surface area contributed by atoms with Gasteiger partial charge in [-0.2, -0.15) is 12.6 Å². The molecule has 0 aromatic rings. The lowest BCUT2D eigenvalue weighted by molar-refractivity contribution is -0.143. The third kappa shape index (κ3) is 9.24. The largest absolute Gasteiger partial charge is 0.480 e. The summed E-state index contributed by atoms with van der Waals surface area (Å²) in [5.41, 5.74) is 10.5. The fourth-order valence-corrected chi connectivity index (χ4v) is 2.14. The molecule has 0 aromatic heterocycles. The van der Waals surface area contributed by atoms with Gasteiger partial charge in [0.1, 0.15) is 12.1 Å². The zero-order chi connectivity index (χ0) is 21.1. The molecule has 0 spiro atoms. The Bertz CT molecular complexity index is 573. The Morgan fingerprint density at radius 3 is 2.15 bits per heavy atom. The van der Waals surface area contributed by atoms with Crippen molar-refractivity contribution < 1.29 is 29.1 Å². The van der Waals surface area contributed by atoms with E-state index in [0.29, 0.717) is 6.42 Å². The van der Waals surface area contributed by atoms with Crippen LogP contribution in [0.25, 0.3) is 0 Å². The molecule has 0 aliphatic rings. The number of carboxylic acid groups (broad SMARTS) is 1. The highest BCUT2D eigenvalue weighted by Crippen LogP contribution is 2.07. The predicted octanol–water partition coefficient (Wildman–Crippen LogP) is -2.66. The van der Waals surface area contributed by atoms with Crippen molar-refractivity contribution in [3.63, 3.8) is 0 Å². The number of nitrogens with one attached hydrogen (secondary N) is 3. The highest BCUT2D eigenvalue weighted by Gasteiger charge is 2.27. The lowest BCUT2D eigenvalue weighted by atomic mass is 9.99. The molecule has 154 valence electrons. The van der Waals surface area contributed by atoms with E-state index in [0.717, 1.165) is 0 Å². The van der Waals surface area contributed by atoms with Crippen LogP contribution >= 0.6 is 12.6 Å². The van der Waals surface area contributed by atoms with Crippen LogP contribution in [0.4, 0.5) is 0 Å². The number of hydrogen-bond acceptors (Lipinski definition) is 7. The van der Waals surface area contributed by atoms with Crippen LogP contribution in [-0.4, -0.2) is 65.1 Å². The number of hydrogen-bond donors (Lipinski definition) is 7. The number of carbonyl (C=O) groups is 5. The van der Waals surface area contributed by atoms with Gasteiger partial charge in [0.05, 0.1) is 19.0 Å². The molecule has 0 rings (SSSR count). The summed E-state index contributed by atoms with van der Waals surface area (Å²) in [4.78, 5) is 58.1. The van der Waals surface area contributed by atoms with Gasteiger partial charge in [-0.25, -0.2) is 4.79 Å². The van der Waals surface area contributed by atoms with E-state index >= 15 is 0 Å². The van der Waals surface area contributed by atoms with Crippen molar-refractivity contribution in [2.75, 3.05) is 12.3 Å². The van der Waals surface area contributed by atoms with E-state index in [4.69, 9.17) is 16.6 Å². The second kappa shape index (κ2) is 12.1. The SMILES string of the molecule is CCC(C)C(NC(=O)CNC(=O)C(CC(N)=O)NC(=O)C(N)CS)C(=O)O. The van der Waals surface area contributed by atoms with Crippen LogP contribution in [0.1, 0.15) is 26.7 Å². The molecule has 4 unspecified atom stereocenters. The van der Waals surface area contributed by atoms with Crippen LogP contribution in [-0.2, 0) is 24.0 Å². The highest BCUT2D eigenvalue weighted by atomic mass is 32.1. The maximum absolute atomic E-state index is 12.1. The molecule has 4 amide bonds. The summed E-state index contributed by atoms with van der Waals surface area (Å²) in [5, 5.41) is 15.9. The Morgan fingerprint density at radius 1 is 1.11 bits per heavy atom. The van der Waals surface area contributed by atoms with E-state index in [-0.39, 0.29) is 11.7 Å². The van der Waals surface area contributed by atoms with Crippen LogP contribution < -0.4 is 27.4 Å². The van der Waals surface area contributed by atoms with Crippen molar-refractivity contribution >= 4 is 42.2 Å². The molecule has 12 heteroatoms. The number of aliphatic carboxylic acids is 1. The van der Waals surface area contributed by atoms with Gasteiger partial charge in [0.2, 0.25) is 23.6 Å². The number of carbonyl (C=O) groups excluding carboxylic acids is 4. The van der Waals surface area contributed by atoms with Gasteiger partial charge in [0, 0.05) is 5.75 Å². The summed E-state index contributed by atoms with van der Waals surface area (Å²) >= 11 is 3.86. The zero-order valence-electron chi connectivity index (χ0n) is 15.2. The van der Waals surface area contributed by atoms with E-state index in [2.05, 4.69) is 28.6 Å². The molecule has 0 bridgehead atoms. The minimum Gasteiger partial charge on any atom is -0.480 e. The van der Waals surface area contributed by atoms with E-state index < -0.39 is 60.7 Å². The van der Waals surface area contributed by atoms with Crippen molar-refractivity contribution in [1.82, 2.24) is 16.0 Å². The first-order valence-corrected chi connectivity index (χ1v) is 8.91. The highest BCUT2D eigenvalue weighted by molar-refractivity contribution is 7.80. The quantitative estimate of drug-likeness (QED) is 0.172. The standard InChI is InChI=1S/C15H27N5O6S/c1-3-7(2)12(15(25)26)20-11(22)5-18-14(24)9(4-10(17)21)19-13(23)8(16)6-27/h7-9,12,27H,3-6,16H2,1-2H3,(H2,17,21)(H,18,24)(H,19,23)(H,20,22)(H,25,26). The number of nitrogens with two attached hydrogens (primary N) is 2. The molecule has 4 atom stereocenters. The minimum absolute atomic E-state index is 0.0192. The summed E-state index contributed by atoms with van der Waals surface area (Å²) in [7, 11) is 0. The summed E-state index contributed by atoms with van der Waals surface area (Å²) in [5.74, 6) is -4.60. The first-order chi connectivity index (χ1) is 12.5. The van der Waals surface area contributed by atoms with E-state index in [1.54, 1.807) is 13.8 Å². The van der Waals surface area contributed by atoms with Crippen molar-refractivity contribution in [2.24, 2.45) is 17.4 Å². The molecule has 0 aliphatic heterocycles. The average molecular weight is 405 g/mol. The number of thiol groups is 1. The van der Waals surface area contributed by atoms with Crippen LogP contribution in [0.3, 0.4) is 0 Å². The van der Waals surface area contributed by atoms with E-state index in [1.165, 1.54) is 0 Å². The maximum Gasteiger partial charge on any atom is 0.326 e. The first kappa shape index (κ1) is 24.7. The maximum atomic E-state index is 12.1. The smallest absolute Gasteiger partial charge is 0.326 e. The topological polar surface area (TPSA) is 194 Å². The molecule has 11 nitrogen and oxygen atoms in total. The van der Waals surface area contributed by atoms with Crippen LogP contribution in [0.2, 0.25) is 0 Å². The van der Waals surface area contributed by atoms with Gasteiger partial charge in [0.25, 0.3) is 0 Å². The minimum atomic E-state index is -1.32. The van der Waals surface area contributed by atoms with Crippen molar-refractivity contribution in [3.8, 4) is 0 Å². The van der Waals surface area contributed by atoms with Gasteiger partial charge in [0.15, 0.2) is 0 Å². The van der Waals surface area contributed by atoms with Crippen LogP contribution in [0.15, 0.2) is 0 Å². The normalized spacial score (nSPS) is 15.0. The molecule has 0 saturated heterocycles. The lowest BCUT2D eigenvalue weighted by Gasteiger charge is -2.21. The molecule has 0 fully saturated rings. The van der Waals surface area contributed by atoms with E-state index in [9.17, 15) is 24.0 Å². The monoisotopic (exact) mass is 405 g/mol.